The molecule has 1 aliphatic heterocycles. The van der Waals surface area contributed by atoms with Crippen LogP contribution in [0.4, 0.5) is 0 Å². The molecule has 0 spiro atoms. The number of likely N-dealkylation sites (tertiary alicyclic amines) is 1. The lowest BCUT2D eigenvalue weighted by molar-refractivity contribution is -0.142. The molecule has 71 heavy (non-hydrogen) atoms. The van der Waals surface area contributed by atoms with E-state index in [-0.39, 0.29) is 49.8 Å². The van der Waals surface area contributed by atoms with Crippen molar-refractivity contribution in [1.82, 2.24) is 36.1 Å². The molecule has 1 aromatic carbocycles. The van der Waals surface area contributed by atoms with Gasteiger partial charge in [-0.05, 0) is 85.1 Å². The average molecular weight is 1020 g/mol. The van der Waals surface area contributed by atoms with Gasteiger partial charge >= 0.3 is 7.82 Å². The topological polar surface area (TPSA) is 323 Å². The third-order valence-electron chi connectivity index (χ3n) is 11.9. The van der Waals surface area contributed by atoms with E-state index in [4.69, 9.17) is 19.9 Å². The van der Waals surface area contributed by atoms with Crippen molar-refractivity contribution in [2.24, 2.45) is 17.6 Å². The monoisotopic (exact) mass is 1020 g/mol. The molecular weight excluding hydrogens is 944 g/mol. The molecule has 0 aliphatic carbocycles. The summed E-state index contributed by atoms with van der Waals surface area (Å²) in [6, 6.07) is 3.33. The van der Waals surface area contributed by atoms with Crippen molar-refractivity contribution >= 4 is 43.3 Å². The number of imidazole rings is 1. The zero-order valence-corrected chi connectivity index (χ0v) is 43.6. The van der Waals surface area contributed by atoms with Crippen molar-refractivity contribution < 1.29 is 67.0 Å². The molecule has 0 bridgehead atoms. The maximum absolute atomic E-state index is 14.6. The number of aliphatic hydroxyl groups excluding tert-OH is 1. The summed E-state index contributed by atoms with van der Waals surface area (Å²) in [6.07, 6.45) is 3.20. The highest BCUT2D eigenvalue weighted by Gasteiger charge is 2.47. The second-order valence-electron chi connectivity index (χ2n) is 20.1. The molecule has 2 aromatic rings. The summed E-state index contributed by atoms with van der Waals surface area (Å²) < 4.78 is 34.5. The quantitative estimate of drug-likeness (QED) is 0.0385. The number of amides is 6. The number of carbonyl (C=O) groups excluding carboxylic acids is 6. The number of phosphoric acid groups is 1. The Balaban J connectivity index is 1.82. The number of benzene rings is 1. The Morgan fingerprint density at radius 3 is 2.13 bits per heavy atom. The number of ether oxygens (including phenoxy) is 3. The fourth-order valence-electron chi connectivity index (χ4n) is 8.00. The lowest BCUT2D eigenvalue weighted by atomic mass is 9.97. The second-order valence-corrected chi connectivity index (χ2v) is 21.3. The van der Waals surface area contributed by atoms with Gasteiger partial charge in [0, 0.05) is 50.4 Å². The Bertz CT molecular complexity index is 2050. The summed E-state index contributed by atoms with van der Waals surface area (Å²) in [5.41, 5.74) is 5.99. The van der Waals surface area contributed by atoms with Gasteiger partial charge < -0.3 is 66.0 Å². The number of nitrogens with two attached hydrogens (primary N) is 1. The first-order chi connectivity index (χ1) is 33.2. The van der Waals surface area contributed by atoms with Crippen molar-refractivity contribution in [3.63, 3.8) is 0 Å². The number of carbonyl (C=O) groups is 6. The van der Waals surface area contributed by atoms with Crippen molar-refractivity contribution in [3.8, 4) is 0 Å². The first-order valence-corrected chi connectivity index (χ1v) is 25.8. The van der Waals surface area contributed by atoms with E-state index in [1.165, 1.54) is 29.9 Å². The Kier molecular flexibility index (Phi) is 24.2. The van der Waals surface area contributed by atoms with Crippen LogP contribution in [0.25, 0.3) is 0 Å². The fraction of sp³-hybridized carbons (Fsp3) is 0.688. The molecule has 6 amide bonds. The molecule has 3 rings (SSSR count). The van der Waals surface area contributed by atoms with Gasteiger partial charge in [0.25, 0.3) is 0 Å². The standard InChI is InChI=1S/C48H79N8O14P/c1-30(2)23-36(43(60)53-37(24-34-26-50-29-51-34)44(61)55-38(28-57)45(62)52-35(25-40(49)58)32(4)70-71(64,65)66)54-46(63)42-31(3)39(67-20-14-13-17-33-15-11-10-12-16-33)27-56(42)41(59)18-21-69-48(8,9)19-22-68-47(5,6)7/h10-12,15-16,26,29-32,35-39,42,57H,13-14,17-25,27-28H2,1-9H3,(H2,49,58)(H,50,51)(H,52,62)(H,53,60)(H,54,63)(H,55,61)(H2,64,65,66). The summed E-state index contributed by atoms with van der Waals surface area (Å²) >= 11 is 0. The van der Waals surface area contributed by atoms with Gasteiger partial charge in [0.2, 0.25) is 35.4 Å². The zero-order chi connectivity index (χ0) is 53.1. The van der Waals surface area contributed by atoms with Crippen LogP contribution in [-0.4, -0.2) is 152 Å². The van der Waals surface area contributed by atoms with E-state index in [0.29, 0.717) is 25.3 Å². The highest BCUT2D eigenvalue weighted by molar-refractivity contribution is 7.46. The van der Waals surface area contributed by atoms with E-state index in [0.717, 1.165) is 19.3 Å². The van der Waals surface area contributed by atoms with Gasteiger partial charge in [-0.25, -0.2) is 9.55 Å². The number of unbranched alkanes of at least 4 members (excludes halogenated alkanes) is 1. The SMILES string of the molecule is CC(C)CC(NC(=O)C1C(C)C(OCCCCc2ccccc2)CN1C(=O)CCOC(C)(C)CCOC(C)(C)C)C(=O)NC(Cc1cnc[nH]1)C(=O)NC(CO)C(=O)NC(CC(N)=O)C(C)OP(=O)(O)O. The van der Waals surface area contributed by atoms with Crippen LogP contribution in [0.2, 0.25) is 0 Å². The second kappa shape index (κ2) is 28.4. The van der Waals surface area contributed by atoms with E-state index >= 15 is 0 Å². The lowest BCUT2D eigenvalue weighted by Crippen LogP contribution is -2.60. The highest BCUT2D eigenvalue weighted by atomic mass is 31.2. The maximum atomic E-state index is 14.6. The minimum absolute atomic E-state index is 0.0248. The highest BCUT2D eigenvalue weighted by Crippen LogP contribution is 2.38. The molecule has 1 saturated heterocycles. The molecule has 0 radical (unpaired) electrons. The molecule has 22 nitrogen and oxygen atoms in total. The summed E-state index contributed by atoms with van der Waals surface area (Å²) in [6.45, 7) is 16.5. The largest absolute Gasteiger partial charge is 0.469 e. The predicted octanol–water partition coefficient (Wildman–Crippen LogP) is 1.95. The molecule has 0 saturated carbocycles. The molecule has 2 heterocycles. The van der Waals surface area contributed by atoms with Crippen LogP contribution in [0.1, 0.15) is 112 Å². The van der Waals surface area contributed by atoms with Gasteiger partial charge in [-0.15, -0.1) is 0 Å². The number of aromatic nitrogens is 2. The van der Waals surface area contributed by atoms with Crippen molar-refractivity contribution in [3.05, 3.63) is 54.1 Å². The first-order valence-electron chi connectivity index (χ1n) is 24.2. The number of hydrogen-bond acceptors (Lipinski definition) is 13. The van der Waals surface area contributed by atoms with Crippen LogP contribution in [0, 0.1) is 11.8 Å². The van der Waals surface area contributed by atoms with Gasteiger partial charge in [0.1, 0.15) is 24.2 Å². The van der Waals surface area contributed by atoms with Crippen LogP contribution in [0.15, 0.2) is 42.9 Å². The Labute approximate surface area is 417 Å². The van der Waals surface area contributed by atoms with Crippen molar-refractivity contribution in [2.45, 2.75) is 167 Å². The van der Waals surface area contributed by atoms with Gasteiger partial charge in [0.15, 0.2) is 0 Å². The minimum Gasteiger partial charge on any atom is -0.394 e. The van der Waals surface area contributed by atoms with Gasteiger partial charge in [0.05, 0.1) is 55.4 Å². The third kappa shape index (κ3) is 22.2. The number of nitrogens with zero attached hydrogens (tertiary/aromatic N) is 2. The van der Waals surface area contributed by atoms with Crippen molar-refractivity contribution in [1.29, 1.82) is 0 Å². The Hall–Kier alpha value is -4.80. The summed E-state index contributed by atoms with van der Waals surface area (Å²) in [5.74, 6) is -5.30. The molecule has 23 heteroatoms. The number of aromatic amines is 1. The smallest absolute Gasteiger partial charge is 0.394 e. The normalized spacial score (nSPS) is 18.5. The number of nitrogens with one attached hydrogen (secondary N) is 5. The predicted molar refractivity (Wildman–Crippen MR) is 262 cm³/mol. The Morgan fingerprint density at radius 2 is 1.54 bits per heavy atom. The van der Waals surface area contributed by atoms with Crippen LogP contribution < -0.4 is 27.0 Å². The fourth-order valence-corrected chi connectivity index (χ4v) is 8.58. The molecule has 1 fully saturated rings. The molecule has 1 aromatic heterocycles. The lowest BCUT2D eigenvalue weighted by Gasteiger charge is -2.30. The molecule has 8 atom stereocenters. The Morgan fingerprint density at radius 1 is 0.887 bits per heavy atom. The third-order valence-corrected chi connectivity index (χ3v) is 12.5. The van der Waals surface area contributed by atoms with Crippen LogP contribution in [-0.2, 0) is 64.9 Å². The van der Waals surface area contributed by atoms with E-state index in [9.17, 15) is 48.2 Å². The van der Waals surface area contributed by atoms with Gasteiger partial charge in [-0.2, -0.15) is 0 Å². The van der Waals surface area contributed by atoms with E-state index in [2.05, 4.69) is 47.9 Å². The average Bonchev–Trinajstić information content (AvgIpc) is 3.90. The van der Waals surface area contributed by atoms with E-state index in [1.54, 1.807) is 0 Å². The number of hydrogen-bond donors (Lipinski definition) is 9. The molecule has 10 N–H and O–H groups in total. The number of aliphatic hydroxyl groups is 1. The van der Waals surface area contributed by atoms with Crippen LogP contribution in [0.3, 0.4) is 0 Å². The zero-order valence-electron chi connectivity index (χ0n) is 42.7. The van der Waals surface area contributed by atoms with Crippen molar-refractivity contribution in [2.75, 3.05) is 33.0 Å². The van der Waals surface area contributed by atoms with Crippen LogP contribution >= 0.6 is 7.82 Å². The summed E-state index contributed by atoms with van der Waals surface area (Å²) in [4.78, 5) is 109. The number of phosphoric ester groups is 1. The molecular formula is C48H79N8O14P. The summed E-state index contributed by atoms with van der Waals surface area (Å²) in [5, 5.41) is 20.5. The van der Waals surface area contributed by atoms with Gasteiger partial charge in [-0.1, -0.05) is 51.1 Å². The minimum atomic E-state index is -5.08. The first kappa shape index (κ1) is 60.5. The molecule has 400 valence electrons. The molecule has 1 aliphatic rings. The molecule has 8 unspecified atom stereocenters. The van der Waals surface area contributed by atoms with Gasteiger partial charge in [-0.3, -0.25) is 33.3 Å². The van der Waals surface area contributed by atoms with E-state index in [1.807, 2.05) is 73.6 Å². The number of H-pyrrole nitrogens is 1. The van der Waals surface area contributed by atoms with Crippen LogP contribution in [0.5, 0.6) is 0 Å². The number of aryl methyl sites for hydroxylation is 1. The van der Waals surface area contributed by atoms with E-state index < -0.39 is 104 Å². The maximum Gasteiger partial charge on any atom is 0.469 e. The summed E-state index contributed by atoms with van der Waals surface area (Å²) in [7, 11) is -5.08. The number of primary amides is 1. The number of rotatable bonds is 31.